The lowest BCUT2D eigenvalue weighted by molar-refractivity contribution is -0.145. The number of rotatable bonds is 2. The van der Waals surface area contributed by atoms with Crippen molar-refractivity contribution in [1.82, 2.24) is 0 Å². The summed E-state index contributed by atoms with van der Waals surface area (Å²) in [7, 11) is -3.67. The van der Waals surface area contributed by atoms with Gasteiger partial charge in [0.05, 0.1) is 23.8 Å². The normalized spacial score (nSPS) is 28.9. The zero-order valence-corrected chi connectivity index (χ0v) is 13.2. The topological polar surface area (TPSA) is 139 Å². The van der Waals surface area contributed by atoms with Gasteiger partial charge in [-0.3, -0.25) is 9.35 Å². The maximum absolute atomic E-state index is 11.1. The number of aliphatic carboxylic acids is 1. The predicted molar refractivity (Wildman–Crippen MR) is 82.5 cm³/mol. The fourth-order valence-electron chi connectivity index (χ4n) is 2.84. The molecule has 126 valence electrons. The van der Waals surface area contributed by atoms with E-state index < -0.39 is 28.1 Å². The summed E-state index contributed by atoms with van der Waals surface area (Å²) in [6.07, 6.45) is 0.733. The highest BCUT2D eigenvalue weighted by atomic mass is 32.2. The second-order valence-electron chi connectivity index (χ2n) is 5.52. The maximum atomic E-state index is 11.1. The first-order chi connectivity index (χ1) is 10.7. The summed E-state index contributed by atoms with van der Waals surface area (Å²) in [5.74, 6) is -1.54. The van der Waals surface area contributed by atoms with Crippen LogP contribution in [0.15, 0.2) is 35.5 Å². The molecule has 0 spiro atoms. The summed E-state index contributed by atoms with van der Waals surface area (Å²) in [5.41, 5.74) is 7.78. The van der Waals surface area contributed by atoms with Crippen molar-refractivity contribution in [3.05, 3.63) is 35.9 Å². The zero-order valence-electron chi connectivity index (χ0n) is 12.4. The van der Waals surface area contributed by atoms with E-state index in [1.54, 1.807) is 0 Å². The van der Waals surface area contributed by atoms with Crippen LogP contribution in [-0.2, 0) is 19.8 Å². The highest BCUT2D eigenvalue weighted by molar-refractivity contribution is 7.85. The van der Waals surface area contributed by atoms with Crippen LogP contribution in [0.2, 0.25) is 0 Å². The standard InChI is InChI=1S/C13H14N2O3.CH4O3S/c14-9-6-8(13(16)17)12-10(9)11(15-18-12)7-4-2-1-3-5-7;1-5(2,3)4/h1-5,8-10,12H,6,14H2,(H,16,17);1H3,(H,2,3,4)/t8-,9+,10+,12+;/m1./s1. The Bertz CT molecular complexity index is 695. The summed E-state index contributed by atoms with van der Waals surface area (Å²) < 4.78 is 25.9. The molecule has 0 unspecified atom stereocenters. The maximum Gasteiger partial charge on any atom is 0.310 e. The molecule has 0 amide bonds. The molecular weight excluding hydrogens is 324 g/mol. The number of fused-ring (bicyclic) bond motifs is 1. The molecule has 1 heterocycles. The summed E-state index contributed by atoms with van der Waals surface area (Å²) in [5, 5.41) is 13.2. The molecule has 8 nitrogen and oxygen atoms in total. The molecule has 3 rings (SSSR count). The van der Waals surface area contributed by atoms with Crippen molar-refractivity contribution in [2.75, 3.05) is 6.26 Å². The minimum atomic E-state index is -3.67. The molecule has 0 radical (unpaired) electrons. The fraction of sp³-hybridized carbons (Fsp3) is 0.429. The Morgan fingerprint density at radius 1 is 1.35 bits per heavy atom. The van der Waals surface area contributed by atoms with Gasteiger partial charge in [0.25, 0.3) is 10.1 Å². The monoisotopic (exact) mass is 342 g/mol. The third kappa shape index (κ3) is 4.27. The fourth-order valence-corrected chi connectivity index (χ4v) is 2.84. The highest BCUT2D eigenvalue weighted by Crippen LogP contribution is 2.39. The molecule has 0 bridgehead atoms. The molecule has 1 fully saturated rings. The van der Waals surface area contributed by atoms with Gasteiger partial charge in [-0.15, -0.1) is 0 Å². The Morgan fingerprint density at radius 2 is 1.91 bits per heavy atom. The number of carbonyl (C=O) groups is 1. The molecule has 0 saturated heterocycles. The van der Waals surface area contributed by atoms with E-state index >= 15 is 0 Å². The molecule has 0 aromatic heterocycles. The number of hydrogen-bond acceptors (Lipinski definition) is 6. The Balaban J connectivity index is 0.000000338. The molecular formula is C14H18N2O6S. The zero-order chi connectivity index (χ0) is 17.2. The number of benzene rings is 1. The highest BCUT2D eigenvalue weighted by Gasteiger charge is 2.52. The van der Waals surface area contributed by atoms with E-state index in [2.05, 4.69) is 5.16 Å². The van der Waals surface area contributed by atoms with E-state index in [9.17, 15) is 13.2 Å². The first-order valence-corrected chi connectivity index (χ1v) is 8.73. The van der Waals surface area contributed by atoms with Crippen LogP contribution in [0, 0.1) is 11.8 Å². The van der Waals surface area contributed by atoms with Gasteiger partial charge in [-0.05, 0) is 12.0 Å². The van der Waals surface area contributed by atoms with Crippen LogP contribution in [0.25, 0.3) is 0 Å². The lowest BCUT2D eigenvalue weighted by atomic mass is 9.91. The number of carboxylic acid groups (broad SMARTS) is 1. The Morgan fingerprint density at radius 3 is 2.43 bits per heavy atom. The minimum Gasteiger partial charge on any atom is -0.481 e. The van der Waals surface area contributed by atoms with Gasteiger partial charge in [-0.1, -0.05) is 35.5 Å². The third-order valence-corrected chi connectivity index (χ3v) is 3.71. The van der Waals surface area contributed by atoms with Crippen LogP contribution in [0.5, 0.6) is 0 Å². The molecule has 1 aliphatic carbocycles. The SMILES string of the molecule is CS(=O)(=O)O.N[C@H]1C[C@@H](C(=O)O)[C@@H]2ON=C(c3ccccc3)[C@@H]21. The Labute approximate surface area is 133 Å². The van der Waals surface area contributed by atoms with Crippen LogP contribution < -0.4 is 5.73 Å². The third-order valence-electron chi connectivity index (χ3n) is 3.71. The van der Waals surface area contributed by atoms with Gasteiger partial charge in [0.15, 0.2) is 6.10 Å². The predicted octanol–water partition coefficient (Wildman–Crippen LogP) is 0.342. The van der Waals surface area contributed by atoms with Crippen molar-refractivity contribution in [1.29, 1.82) is 0 Å². The molecule has 1 aromatic rings. The van der Waals surface area contributed by atoms with E-state index in [1.807, 2.05) is 30.3 Å². The molecule has 9 heteroatoms. The van der Waals surface area contributed by atoms with Gasteiger partial charge in [-0.2, -0.15) is 8.42 Å². The summed E-state index contributed by atoms with van der Waals surface area (Å²) in [4.78, 5) is 16.5. The molecule has 1 saturated carbocycles. The summed E-state index contributed by atoms with van der Waals surface area (Å²) in [6, 6.07) is 9.42. The Hall–Kier alpha value is -1.97. The van der Waals surface area contributed by atoms with Crippen molar-refractivity contribution >= 4 is 21.8 Å². The number of nitrogens with two attached hydrogens (primary N) is 1. The number of hydrogen-bond donors (Lipinski definition) is 3. The van der Waals surface area contributed by atoms with Gasteiger partial charge in [0.1, 0.15) is 0 Å². The summed E-state index contributed by atoms with van der Waals surface area (Å²) in [6.45, 7) is 0. The number of oxime groups is 1. The van der Waals surface area contributed by atoms with E-state index in [1.165, 1.54) is 0 Å². The number of carboxylic acids is 1. The van der Waals surface area contributed by atoms with Crippen LogP contribution in [0.4, 0.5) is 0 Å². The molecule has 1 aliphatic heterocycles. The van der Waals surface area contributed by atoms with E-state index in [4.69, 9.17) is 20.2 Å². The van der Waals surface area contributed by atoms with E-state index in [-0.39, 0.29) is 12.0 Å². The van der Waals surface area contributed by atoms with Crippen LogP contribution >= 0.6 is 0 Å². The Kier molecular flexibility index (Phi) is 5.03. The smallest absolute Gasteiger partial charge is 0.310 e. The first-order valence-electron chi connectivity index (χ1n) is 6.88. The van der Waals surface area contributed by atoms with Crippen molar-refractivity contribution in [2.45, 2.75) is 18.6 Å². The molecule has 1 aromatic carbocycles. The lowest BCUT2D eigenvalue weighted by Crippen LogP contribution is -2.34. The van der Waals surface area contributed by atoms with Crippen LogP contribution in [0.1, 0.15) is 12.0 Å². The molecule has 4 atom stereocenters. The summed E-state index contributed by atoms with van der Waals surface area (Å²) >= 11 is 0. The van der Waals surface area contributed by atoms with Gasteiger partial charge >= 0.3 is 5.97 Å². The van der Waals surface area contributed by atoms with E-state index in [0.717, 1.165) is 11.3 Å². The molecule has 4 N–H and O–H groups in total. The van der Waals surface area contributed by atoms with Crippen LogP contribution in [-0.4, -0.2) is 48.2 Å². The first kappa shape index (κ1) is 17.4. The lowest BCUT2D eigenvalue weighted by Gasteiger charge is -2.14. The van der Waals surface area contributed by atoms with Crippen molar-refractivity contribution < 1.29 is 27.7 Å². The quantitative estimate of drug-likeness (QED) is 0.658. The average Bonchev–Trinajstić information content (AvgIpc) is 3.00. The second-order valence-corrected chi connectivity index (χ2v) is 6.98. The van der Waals surface area contributed by atoms with Gasteiger partial charge < -0.3 is 15.7 Å². The minimum absolute atomic E-state index is 0.117. The van der Waals surface area contributed by atoms with Gasteiger partial charge in [0, 0.05) is 6.04 Å². The van der Waals surface area contributed by atoms with Crippen molar-refractivity contribution in [3.63, 3.8) is 0 Å². The second kappa shape index (κ2) is 6.65. The number of nitrogens with zero attached hydrogens (tertiary/aromatic N) is 1. The molecule has 23 heavy (non-hydrogen) atoms. The van der Waals surface area contributed by atoms with Crippen molar-refractivity contribution in [2.24, 2.45) is 22.7 Å². The average molecular weight is 342 g/mol. The largest absolute Gasteiger partial charge is 0.481 e. The van der Waals surface area contributed by atoms with Crippen molar-refractivity contribution in [3.8, 4) is 0 Å². The molecule has 2 aliphatic rings. The van der Waals surface area contributed by atoms with Gasteiger partial charge in [-0.25, -0.2) is 0 Å². The van der Waals surface area contributed by atoms with E-state index in [0.29, 0.717) is 12.7 Å². The van der Waals surface area contributed by atoms with Crippen LogP contribution in [0.3, 0.4) is 0 Å². The van der Waals surface area contributed by atoms with Gasteiger partial charge in [0.2, 0.25) is 0 Å².